The largest absolute Gasteiger partial charge is 0.447 e. The summed E-state index contributed by atoms with van der Waals surface area (Å²) in [5.74, 6) is 0.577. The van der Waals surface area contributed by atoms with E-state index in [0.717, 1.165) is 16.6 Å². The quantitative estimate of drug-likeness (QED) is 0.403. The molecule has 36 heavy (non-hydrogen) atoms. The minimum Gasteiger partial charge on any atom is -0.447 e. The Morgan fingerprint density at radius 1 is 1.22 bits per heavy atom. The second-order valence-electron chi connectivity index (χ2n) is 9.04. The summed E-state index contributed by atoms with van der Waals surface area (Å²) in [6.45, 7) is 1.32. The number of carbonyl (C=O) groups is 2. The summed E-state index contributed by atoms with van der Waals surface area (Å²) in [5, 5.41) is 0.582. The minimum absolute atomic E-state index is 0.105. The van der Waals surface area contributed by atoms with Crippen LogP contribution in [0.2, 0.25) is 5.02 Å². The Balaban J connectivity index is 1.42. The smallest absolute Gasteiger partial charge is 0.409 e. The zero-order valence-electron chi connectivity index (χ0n) is 20.0. The predicted octanol–water partition coefficient (Wildman–Crippen LogP) is 3.72. The molecule has 1 saturated heterocycles. The maximum atomic E-state index is 13.8. The number of likely N-dealkylation sites (tertiary alicyclic amines) is 1. The summed E-state index contributed by atoms with van der Waals surface area (Å²) < 4.78 is 24.9. The lowest BCUT2D eigenvalue weighted by molar-refractivity contribution is -0.128. The molecule has 2 aliphatic rings. The number of anilines is 1. The molecule has 1 spiro atoms. The number of rotatable bonds is 9. The number of carbonyl (C=O) groups excluding carboxylic acids is 2. The van der Waals surface area contributed by atoms with E-state index >= 15 is 0 Å². The van der Waals surface area contributed by atoms with Gasteiger partial charge in [-0.15, -0.1) is 0 Å². The van der Waals surface area contributed by atoms with E-state index in [1.54, 1.807) is 23.4 Å². The van der Waals surface area contributed by atoms with Crippen molar-refractivity contribution in [3.63, 3.8) is 0 Å². The number of aryl methyl sites for hydroxylation is 1. The van der Waals surface area contributed by atoms with Crippen LogP contribution < -0.4 is 4.90 Å². The van der Waals surface area contributed by atoms with Crippen LogP contribution in [-0.2, 0) is 32.8 Å². The lowest BCUT2D eigenvalue weighted by Crippen LogP contribution is -2.65. The van der Waals surface area contributed by atoms with Crippen molar-refractivity contribution in [2.45, 2.75) is 31.3 Å². The van der Waals surface area contributed by atoms with Crippen LogP contribution in [0.3, 0.4) is 0 Å². The zero-order valence-corrected chi connectivity index (χ0v) is 20.7. The molecule has 1 fully saturated rings. The van der Waals surface area contributed by atoms with Crippen molar-refractivity contribution in [3.05, 3.63) is 53.1 Å². The van der Waals surface area contributed by atoms with Gasteiger partial charge in [0.15, 0.2) is 0 Å². The van der Waals surface area contributed by atoms with Crippen LogP contribution in [0, 0.1) is 0 Å². The number of alkyl halides is 1. The van der Waals surface area contributed by atoms with Gasteiger partial charge in [-0.25, -0.2) is 9.78 Å². The third kappa shape index (κ3) is 4.18. The highest BCUT2D eigenvalue weighted by Crippen LogP contribution is 2.47. The molecule has 0 bridgehead atoms. The van der Waals surface area contributed by atoms with Gasteiger partial charge in [-0.2, -0.15) is 0 Å². The Hall–Kier alpha value is -3.24. The van der Waals surface area contributed by atoms with Crippen LogP contribution in [0.15, 0.2) is 36.7 Å². The van der Waals surface area contributed by atoms with E-state index in [2.05, 4.69) is 4.98 Å². The van der Waals surface area contributed by atoms with Gasteiger partial charge in [-0.1, -0.05) is 11.6 Å². The molecule has 0 atom stereocenters. The molecule has 0 N–H and O–H groups in total. The summed E-state index contributed by atoms with van der Waals surface area (Å²) in [4.78, 5) is 38.5. The second-order valence-corrected chi connectivity index (χ2v) is 9.47. The first-order chi connectivity index (χ1) is 17.5. The first-order valence-corrected chi connectivity index (χ1v) is 12.2. The first kappa shape index (κ1) is 24.5. The molecule has 190 valence electrons. The van der Waals surface area contributed by atoms with Gasteiger partial charge in [0.1, 0.15) is 17.8 Å². The van der Waals surface area contributed by atoms with Gasteiger partial charge in [0.25, 0.3) is 0 Å². The van der Waals surface area contributed by atoms with Crippen molar-refractivity contribution < 1.29 is 23.5 Å². The number of nitrogens with zero attached hydrogens (tertiary/aromatic N) is 5. The van der Waals surface area contributed by atoms with Gasteiger partial charge < -0.3 is 23.8 Å². The number of aromatic nitrogens is 3. The average Bonchev–Trinajstić information content (AvgIpc) is 3.31. The van der Waals surface area contributed by atoms with E-state index in [9.17, 15) is 14.0 Å². The number of halogens is 2. The molecule has 0 saturated carbocycles. The number of benzene rings is 1. The summed E-state index contributed by atoms with van der Waals surface area (Å²) in [7, 11) is 1.53. The van der Waals surface area contributed by atoms with Crippen LogP contribution >= 0.6 is 11.6 Å². The highest BCUT2D eigenvalue weighted by Gasteiger charge is 2.59. The fourth-order valence-electron chi connectivity index (χ4n) is 5.01. The van der Waals surface area contributed by atoms with Crippen LogP contribution in [0.1, 0.15) is 24.2 Å². The maximum absolute atomic E-state index is 13.8. The van der Waals surface area contributed by atoms with Crippen molar-refractivity contribution in [1.82, 2.24) is 19.4 Å². The lowest BCUT2D eigenvalue weighted by atomic mass is 9.75. The zero-order chi connectivity index (χ0) is 25.3. The van der Waals surface area contributed by atoms with Crippen molar-refractivity contribution >= 4 is 40.3 Å². The van der Waals surface area contributed by atoms with Crippen LogP contribution in [0.25, 0.3) is 11.0 Å². The Morgan fingerprint density at radius 3 is 2.83 bits per heavy atom. The SMILES string of the molecule is COCCOC(=O)N1CC2(C1)C(=O)N(Cc1nc3ccc(Cl)cc3n1CCCCF)c1cnccc12. The fourth-order valence-corrected chi connectivity index (χ4v) is 5.18. The number of imidazole rings is 1. The van der Waals surface area contributed by atoms with Gasteiger partial charge in [-0.3, -0.25) is 14.2 Å². The number of pyridine rings is 1. The molecule has 1 aromatic carbocycles. The molecule has 2 aromatic heterocycles. The van der Waals surface area contributed by atoms with Crippen molar-refractivity contribution in [2.24, 2.45) is 0 Å². The number of amides is 2. The second kappa shape index (κ2) is 10.0. The topological polar surface area (TPSA) is 89.8 Å². The van der Waals surface area contributed by atoms with Gasteiger partial charge in [0, 0.05) is 38.0 Å². The number of ether oxygens (including phenoxy) is 2. The monoisotopic (exact) mass is 515 g/mol. The van der Waals surface area contributed by atoms with E-state index in [1.807, 2.05) is 22.8 Å². The maximum Gasteiger partial charge on any atom is 0.409 e. The van der Waals surface area contributed by atoms with Crippen LogP contribution in [0.5, 0.6) is 0 Å². The summed E-state index contributed by atoms with van der Waals surface area (Å²) in [5.41, 5.74) is 2.31. The van der Waals surface area contributed by atoms with E-state index in [-0.39, 0.29) is 38.8 Å². The summed E-state index contributed by atoms with van der Waals surface area (Å²) >= 11 is 6.24. The fraction of sp³-hybridized carbons (Fsp3) is 0.440. The molecule has 9 nitrogen and oxygen atoms in total. The molecule has 0 unspecified atom stereocenters. The predicted molar refractivity (Wildman–Crippen MR) is 132 cm³/mol. The molecule has 2 amide bonds. The number of methoxy groups -OCH3 is 1. The molecule has 2 aliphatic heterocycles. The van der Waals surface area contributed by atoms with Gasteiger partial charge in [-0.05, 0) is 42.7 Å². The molecular weight excluding hydrogens is 489 g/mol. The van der Waals surface area contributed by atoms with E-state index in [1.165, 1.54) is 12.0 Å². The summed E-state index contributed by atoms with van der Waals surface area (Å²) in [6, 6.07) is 7.29. The van der Waals surface area contributed by atoms with E-state index in [0.29, 0.717) is 42.5 Å². The standard InChI is InChI=1S/C25H27ClFN5O4/c1-35-10-11-36-24(34)30-15-25(16-30)18-6-8-28-13-21(18)32(23(25)33)14-22-29-19-5-4-17(26)12-20(19)31(22)9-3-2-7-27/h4-6,8,12-13H,2-3,7,9-11,14-16H2,1H3. The molecule has 0 aliphatic carbocycles. The van der Waals surface area contributed by atoms with Crippen molar-refractivity contribution in [2.75, 3.05) is 45.0 Å². The molecule has 3 aromatic rings. The van der Waals surface area contributed by atoms with E-state index < -0.39 is 11.5 Å². The van der Waals surface area contributed by atoms with Crippen LogP contribution in [0.4, 0.5) is 14.9 Å². The third-order valence-corrected chi connectivity index (χ3v) is 7.04. The minimum atomic E-state index is -0.840. The van der Waals surface area contributed by atoms with Gasteiger partial charge in [0.05, 0.1) is 42.7 Å². The van der Waals surface area contributed by atoms with Crippen LogP contribution in [-0.4, -0.2) is 71.5 Å². The molecule has 5 rings (SSSR count). The number of hydrogen-bond donors (Lipinski definition) is 0. The van der Waals surface area contributed by atoms with Gasteiger partial charge >= 0.3 is 6.09 Å². The normalized spacial score (nSPS) is 16.0. The highest BCUT2D eigenvalue weighted by atomic mass is 35.5. The Bertz CT molecular complexity index is 1290. The average molecular weight is 516 g/mol. The number of unbranched alkanes of at least 4 members (excludes halogenated alkanes) is 1. The Kier molecular flexibility index (Phi) is 6.81. The molecular formula is C25H27ClFN5O4. The third-order valence-electron chi connectivity index (χ3n) is 6.81. The Labute approximate surface area is 212 Å². The number of hydrogen-bond acceptors (Lipinski definition) is 6. The first-order valence-electron chi connectivity index (χ1n) is 11.9. The summed E-state index contributed by atoms with van der Waals surface area (Å²) in [6.07, 6.45) is 3.94. The Morgan fingerprint density at radius 2 is 2.06 bits per heavy atom. The number of fused-ring (bicyclic) bond motifs is 3. The highest BCUT2D eigenvalue weighted by molar-refractivity contribution is 6.31. The lowest BCUT2D eigenvalue weighted by Gasteiger charge is -2.45. The van der Waals surface area contributed by atoms with E-state index in [4.69, 9.17) is 26.1 Å². The molecule has 4 heterocycles. The van der Waals surface area contributed by atoms with Gasteiger partial charge in [0.2, 0.25) is 5.91 Å². The van der Waals surface area contributed by atoms with Crippen molar-refractivity contribution in [3.8, 4) is 0 Å². The van der Waals surface area contributed by atoms with Crippen molar-refractivity contribution in [1.29, 1.82) is 0 Å². The molecule has 0 radical (unpaired) electrons. The molecule has 11 heteroatoms.